The molecule has 26 heavy (non-hydrogen) atoms. The third kappa shape index (κ3) is 3.56. The fourth-order valence-electron chi connectivity index (χ4n) is 3.06. The molecule has 0 fully saturated rings. The molecule has 0 amide bonds. The number of oxazole rings is 1. The van der Waals surface area contributed by atoms with Crippen LogP contribution in [0, 0.1) is 0 Å². The molecule has 2 heterocycles. The molecule has 2 aromatic carbocycles. The van der Waals surface area contributed by atoms with Gasteiger partial charge in [-0.25, -0.2) is 4.98 Å². The lowest BCUT2D eigenvalue weighted by atomic mass is 10.1. The lowest BCUT2D eigenvalue weighted by molar-refractivity contribution is 0.130. The standard InChI is InChI=1S/C21H22N2O2S/c22-12-6-14-24-13-5-11-19-23-20-15-7-1-3-9-17(15)26-18-10-4-2-8-16(18)21(20)25-19/h1-4,7-10H,5-6,11-14,22H2. The molecule has 4 rings (SSSR count). The third-order valence-electron chi connectivity index (χ3n) is 4.34. The van der Waals surface area contributed by atoms with Gasteiger partial charge in [-0.1, -0.05) is 48.2 Å². The number of ether oxygens (including phenoxy) is 1. The van der Waals surface area contributed by atoms with Gasteiger partial charge in [0.05, 0.1) is 0 Å². The summed E-state index contributed by atoms with van der Waals surface area (Å²) in [6.45, 7) is 2.09. The molecule has 4 nitrogen and oxygen atoms in total. The van der Waals surface area contributed by atoms with Crippen LogP contribution < -0.4 is 5.73 Å². The molecule has 5 heteroatoms. The van der Waals surface area contributed by atoms with Crippen molar-refractivity contribution in [3.8, 4) is 22.6 Å². The summed E-state index contributed by atoms with van der Waals surface area (Å²) < 4.78 is 11.8. The van der Waals surface area contributed by atoms with E-state index in [1.165, 1.54) is 9.79 Å². The van der Waals surface area contributed by atoms with Crippen molar-refractivity contribution in [3.05, 3.63) is 54.4 Å². The Morgan fingerprint density at radius 1 is 0.923 bits per heavy atom. The summed E-state index contributed by atoms with van der Waals surface area (Å²) in [5.74, 6) is 1.64. The van der Waals surface area contributed by atoms with Crippen LogP contribution in [0.4, 0.5) is 0 Å². The highest BCUT2D eigenvalue weighted by molar-refractivity contribution is 7.99. The van der Waals surface area contributed by atoms with Crippen molar-refractivity contribution in [1.29, 1.82) is 0 Å². The van der Waals surface area contributed by atoms with Crippen molar-refractivity contribution in [2.45, 2.75) is 29.1 Å². The molecule has 0 saturated heterocycles. The van der Waals surface area contributed by atoms with E-state index in [-0.39, 0.29) is 0 Å². The second kappa shape index (κ2) is 8.08. The van der Waals surface area contributed by atoms with Gasteiger partial charge in [0.15, 0.2) is 11.7 Å². The number of hydrogen-bond donors (Lipinski definition) is 1. The molecule has 0 bridgehead atoms. The van der Waals surface area contributed by atoms with Crippen molar-refractivity contribution in [2.24, 2.45) is 5.73 Å². The molecule has 0 spiro atoms. The molecule has 1 aliphatic heterocycles. The Labute approximate surface area is 157 Å². The van der Waals surface area contributed by atoms with Crippen LogP contribution in [0.25, 0.3) is 22.6 Å². The van der Waals surface area contributed by atoms with E-state index < -0.39 is 0 Å². The zero-order valence-electron chi connectivity index (χ0n) is 14.6. The van der Waals surface area contributed by atoms with E-state index in [1.807, 2.05) is 6.07 Å². The van der Waals surface area contributed by atoms with E-state index >= 15 is 0 Å². The summed E-state index contributed by atoms with van der Waals surface area (Å²) in [6, 6.07) is 16.7. The summed E-state index contributed by atoms with van der Waals surface area (Å²) >= 11 is 1.77. The van der Waals surface area contributed by atoms with Gasteiger partial charge in [0.1, 0.15) is 5.69 Å². The molecule has 0 aliphatic carbocycles. The number of fused-ring (bicyclic) bond motifs is 5. The van der Waals surface area contributed by atoms with Crippen LogP contribution in [0.5, 0.6) is 0 Å². The van der Waals surface area contributed by atoms with Crippen molar-refractivity contribution in [2.75, 3.05) is 19.8 Å². The molecule has 0 saturated carbocycles. The van der Waals surface area contributed by atoms with Crippen molar-refractivity contribution in [1.82, 2.24) is 4.98 Å². The lowest BCUT2D eigenvalue weighted by Gasteiger charge is -2.05. The van der Waals surface area contributed by atoms with Crippen LogP contribution in [0.1, 0.15) is 18.7 Å². The maximum atomic E-state index is 6.20. The summed E-state index contributed by atoms with van der Waals surface area (Å²) in [7, 11) is 0. The quantitative estimate of drug-likeness (QED) is 0.477. The van der Waals surface area contributed by atoms with Gasteiger partial charge < -0.3 is 14.9 Å². The van der Waals surface area contributed by atoms with Crippen LogP contribution in [0.2, 0.25) is 0 Å². The number of benzene rings is 2. The molecule has 3 aromatic rings. The Bertz CT molecular complexity index is 828. The first-order valence-electron chi connectivity index (χ1n) is 9.01. The Hall–Kier alpha value is -2.08. The van der Waals surface area contributed by atoms with Crippen LogP contribution >= 0.6 is 11.8 Å². The van der Waals surface area contributed by atoms with Crippen molar-refractivity contribution >= 4 is 11.8 Å². The van der Waals surface area contributed by atoms with Crippen molar-refractivity contribution in [3.63, 3.8) is 0 Å². The molecule has 0 radical (unpaired) electrons. The van der Waals surface area contributed by atoms with E-state index in [2.05, 4.69) is 42.5 Å². The molecule has 0 atom stereocenters. The van der Waals surface area contributed by atoms with E-state index in [0.717, 1.165) is 54.3 Å². The fraction of sp³-hybridized carbons (Fsp3) is 0.286. The van der Waals surface area contributed by atoms with Crippen LogP contribution in [0.3, 0.4) is 0 Å². The van der Waals surface area contributed by atoms with E-state index in [1.54, 1.807) is 11.8 Å². The maximum Gasteiger partial charge on any atom is 0.195 e. The van der Waals surface area contributed by atoms with Gasteiger partial charge in [-0.2, -0.15) is 0 Å². The molecule has 0 unspecified atom stereocenters. The normalized spacial score (nSPS) is 12.2. The fourth-order valence-corrected chi connectivity index (χ4v) is 4.14. The topological polar surface area (TPSA) is 61.3 Å². The van der Waals surface area contributed by atoms with Crippen LogP contribution in [-0.2, 0) is 11.2 Å². The second-order valence-electron chi connectivity index (χ2n) is 6.24. The number of rotatable bonds is 7. The van der Waals surface area contributed by atoms with Gasteiger partial charge in [-0.3, -0.25) is 0 Å². The minimum atomic E-state index is 0.670. The SMILES string of the molecule is NCCCOCCCc1nc2c(o1)-c1ccccc1Sc1ccccc1-2. The van der Waals surface area contributed by atoms with E-state index in [9.17, 15) is 0 Å². The molecular formula is C21H22N2O2S. The Morgan fingerprint density at radius 2 is 1.62 bits per heavy atom. The smallest absolute Gasteiger partial charge is 0.195 e. The van der Waals surface area contributed by atoms with Gasteiger partial charge in [-0.05, 0) is 31.5 Å². The Kier molecular flexibility index (Phi) is 5.39. The Morgan fingerprint density at radius 3 is 2.42 bits per heavy atom. The largest absolute Gasteiger partial charge is 0.440 e. The monoisotopic (exact) mass is 366 g/mol. The summed E-state index contributed by atoms with van der Waals surface area (Å²) in [4.78, 5) is 7.24. The molecule has 134 valence electrons. The van der Waals surface area contributed by atoms with Crippen LogP contribution in [0.15, 0.2) is 62.7 Å². The molecule has 1 aliphatic rings. The highest BCUT2D eigenvalue weighted by Crippen LogP contribution is 2.47. The Balaban J connectivity index is 1.60. The summed E-state index contributed by atoms with van der Waals surface area (Å²) in [5.41, 5.74) is 8.67. The average Bonchev–Trinajstić information content (AvgIpc) is 3.04. The molecule has 1 aromatic heterocycles. The van der Waals surface area contributed by atoms with E-state index in [0.29, 0.717) is 13.2 Å². The highest BCUT2D eigenvalue weighted by Gasteiger charge is 2.24. The highest BCUT2D eigenvalue weighted by atomic mass is 32.2. The minimum absolute atomic E-state index is 0.670. The first-order valence-corrected chi connectivity index (χ1v) is 9.82. The van der Waals surface area contributed by atoms with Crippen molar-refractivity contribution < 1.29 is 9.15 Å². The van der Waals surface area contributed by atoms with Gasteiger partial charge in [0, 0.05) is 40.6 Å². The third-order valence-corrected chi connectivity index (χ3v) is 5.49. The number of nitrogens with two attached hydrogens (primary N) is 1. The average molecular weight is 366 g/mol. The number of hydrogen-bond acceptors (Lipinski definition) is 5. The number of aryl methyl sites for hydroxylation is 1. The lowest BCUT2D eigenvalue weighted by Crippen LogP contribution is -2.05. The predicted molar refractivity (Wildman–Crippen MR) is 104 cm³/mol. The first kappa shape index (κ1) is 17.3. The van der Waals surface area contributed by atoms with Gasteiger partial charge in [0.2, 0.25) is 0 Å². The van der Waals surface area contributed by atoms with E-state index in [4.69, 9.17) is 19.9 Å². The molecular weight excluding hydrogens is 344 g/mol. The second-order valence-corrected chi connectivity index (χ2v) is 7.32. The van der Waals surface area contributed by atoms with Gasteiger partial charge >= 0.3 is 0 Å². The first-order chi connectivity index (χ1) is 12.9. The maximum absolute atomic E-state index is 6.20. The summed E-state index contributed by atoms with van der Waals surface area (Å²) in [6.07, 6.45) is 2.56. The van der Waals surface area contributed by atoms with Crippen LogP contribution in [-0.4, -0.2) is 24.7 Å². The predicted octanol–water partition coefficient (Wildman–Crippen LogP) is 4.77. The van der Waals surface area contributed by atoms with Gasteiger partial charge in [0.25, 0.3) is 0 Å². The summed E-state index contributed by atoms with van der Waals surface area (Å²) in [5, 5.41) is 0. The molecule has 2 N–H and O–H groups in total. The van der Waals surface area contributed by atoms with Gasteiger partial charge in [-0.15, -0.1) is 0 Å². The zero-order chi connectivity index (χ0) is 17.8. The minimum Gasteiger partial charge on any atom is -0.440 e. The zero-order valence-corrected chi connectivity index (χ0v) is 15.4. The number of nitrogens with zero attached hydrogens (tertiary/aromatic N) is 1. The number of aromatic nitrogens is 1.